The molecular formula is C13H12Cl2N2O2. The highest BCUT2D eigenvalue weighted by Gasteiger charge is 2.20. The van der Waals surface area contributed by atoms with Crippen molar-refractivity contribution in [1.29, 1.82) is 0 Å². The first-order valence-electron chi connectivity index (χ1n) is 5.61. The SMILES string of the molecule is COC(=O)C(C)n1ccnc1-c1cccc(Cl)c1Cl. The van der Waals surface area contributed by atoms with Gasteiger partial charge in [0.15, 0.2) is 0 Å². The van der Waals surface area contributed by atoms with Gasteiger partial charge in [-0.15, -0.1) is 0 Å². The molecule has 4 nitrogen and oxygen atoms in total. The summed E-state index contributed by atoms with van der Waals surface area (Å²) in [7, 11) is 1.35. The van der Waals surface area contributed by atoms with E-state index in [1.54, 1.807) is 42.1 Å². The van der Waals surface area contributed by atoms with Gasteiger partial charge in [0.1, 0.15) is 11.9 Å². The Balaban J connectivity index is 2.50. The summed E-state index contributed by atoms with van der Waals surface area (Å²) in [6, 6.07) is 4.80. The Morgan fingerprint density at radius 1 is 1.42 bits per heavy atom. The van der Waals surface area contributed by atoms with Crippen LogP contribution in [0.5, 0.6) is 0 Å². The van der Waals surface area contributed by atoms with Crippen molar-refractivity contribution in [3.8, 4) is 11.4 Å². The molecule has 0 fully saturated rings. The normalized spacial score (nSPS) is 12.2. The van der Waals surface area contributed by atoms with E-state index >= 15 is 0 Å². The van der Waals surface area contributed by atoms with Crippen molar-refractivity contribution in [2.75, 3.05) is 7.11 Å². The van der Waals surface area contributed by atoms with Crippen LogP contribution < -0.4 is 0 Å². The predicted octanol–water partition coefficient (Wildman–Crippen LogP) is 3.59. The molecule has 0 saturated heterocycles. The van der Waals surface area contributed by atoms with Crippen LogP contribution in [0.4, 0.5) is 0 Å². The van der Waals surface area contributed by atoms with Crippen LogP contribution in [0, 0.1) is 0 Å². The number of methoxy groups -OCH3 is 1. The second kappa shape index (κ2) is 5.63. The molecule has 1 heterocycles. The molecule has 1 unspecified atom stereocenters. The zero-order chi connectivity index (χ0) is 14.0. The van der Waals surface area contributed by atoms with Crippen molar-refractivity contribution in [3.63, 3.8) is 0 Å². The summed E-state index contributed by atoms with van der Waals surface area (Å²) < 4.78 is 6.43. The van der Waals surface area contributed by atoms with E-state index in [1.165, 1.54) is 7.11 Å². The number of benzene rings is 1. The first kappa shape index (κ1) is 13.9. The van der Waals surface area contributed by atoms with E-state index in [0.29, 0.717) is 21.4 Å². The summed E-state index contributed by atoms with van der Waals surface area (Å²) in [5, 5.41) is 0.855. The van der Waals surface area contributed by atoms with Crippen molar-refractivity contribution in [2.24, 2.45) is 0 Å². The molecule has 2 aromatic rings. The topological polar surface area (TPSA) is 44.1 Å². The van der Waals surface area contributed by atoms with E-state index in [4.69, 9.17) is 27.9 Å². The van der Waals surface area contributed by atoms with Crippen LogP contribution in [0.15, 0.2) is 30.6 Å². The third-order valence-electron chi connectivity index (χ3n) is 2.82. The van der Waals surface area contributed by atoms with Gasteiger partial charge in [0.2, 0.25) is 0 Å². The van der Waals surface area contributed by atoms with Crippen LogP contribution in [0.25, 0.3) is 11.4 Å². The average molecular weight is 299 g/mol. The monoisotopic (exact) mass is 298 g/mol. The van der Waals surface area contributed by atoms with Crippen LogP contribution in [-0.2, 0) is 9.53 Å². The molecule has 0 amide bonds. The number of carbonyl (C=O) groups excluding carboxylic acids is 1. The number of hydrogen-bond acceptors (Lipinski definition) is 3. The summed E-state index contributed by atoms with van der Waals surface area (Å²) >= 11 is 12.2. The standard InChI is InChI=1S/C13H12Cl2N2O2/c1-8(13(18)19-2)17-7-6-16-12(17)9-4-3-5-10(14)11(9)15/h3-8H,1-2H3. The fourth-order valence-corrected chi connectivity index (χ4v) is 2.18. The lowest BCUT2D eigenvalue weighted by molar-refractivity contribution is -0.143. The van der Waals surface area contributed by atoms with E-state index in [9.17, 15) is 4.79 Å². The van der Waals surface area contributed by atoms with Crippen LogP contribution in [0.3, 0.4) is 0 Å². The van der Waals surface area contributed by atoms with Crippen molar-refractivity contribution < 1.29 is 9.53 Å². The Morgan fingerprint density at radius 2 is 2.16 bits per heavy atom. The molecule has 0 spiro atoms. The number of imidazole rings is 1. The molecule has 0 N–H and O–H groups in total. The minimum Gasteiger partial charge on any atom is -0.467 e. The Labute approximate surface area is 120 Å². The number of hydrogen-bond donors (Lipinski definition) is 0. The fourth-order valence-electron chi connectivity index (χ4n) is 1.79. The van der Waals surface area contributed by atoms with Crippen LogP contribution >= 0.6 is 23.2 Å². The number of aromatic nitrogens is 2. The van der Waals surface area contributed by atoms with E-state index in [2.05, 4.69) is 4.98 Å². The second-order valence-corrected chi connectivity index (χ2v) is 4.74. The number of halogens is 2. The highest BCUT2D eigenvalue weighted by atomic mass is 35.5. The van der Waals surface area contributed by atoms with Crippen molar-refractivity contribution in [3.05, 3.63) is 40.6 Å². The van der Waals surface area contributed by atoms with Gasteiger partial charge in [-0.3, -0.25) is 0 Å². The molecule has 0 aliphatic rings. The summed E-state index contributed by atoms with van der Waals surface area (Å²) in [6.45, 7) is 1.73. The number of ether oxygens (including phenoxy) is 1. The number of esters is 1. The largest absolute Gasteiger partial charge is 0.467 e. The smallest absolute Gasteiger partial charge is 0.328 e. The molecule has 0 aliphatic carbocycles. The number of carbonyl (C=O) groups is 1. The van der Waals surface area contributed by atoms with Crippen molar-refractivity contribution in [2.45, 2.75) is 13.0 Å². The lowest BCUT2D eigenvalue weighted by Gasteiger charge is -2.15. The first-order valence-corrected chi connectivity index (χ1v) is 6.37. The Kier molecular flexibility index (Phi) is 4.12. The summed E-state index contributed by atoms with van der Waals surface area (Å²) in [5.74, 6) is 0.225. The molecule has 1 aromatic carbocycles. The van der Waals surface area contributed by atoms with Gasteiger partial charge >= 0.3 is 5.97 Å². The van der Waals surface area contributed by atoms with Gasteiger partial charge in [0.25, 0.3) is 0 Å². The van der Waals surface area contributed by atoms with Gasteiger partial charge in [-0.2, -0.15) is 0 Å². The molecule has 1 aromatic heterocycles. The van der Waals surface area contributed by atoms with Crippen LogP contribution in [0.1, 0.15) is 13.0 Å². The van der Waals surface area contributed by atoms with E-state index in [0.717, 1.165) is 0 Å². The van der Waals surface area contributed by atoms with Crippen molar-refractivity contribution >= 4 is 29.2 Å². The maximum Gasteiger partial charge on any atom is 0.328 e. The quantitative estimate of drug-likeness (QED) is 0.813. The van der Waals surface area contributed by atoms with Gasteiger partial charge < -0.3 is 9.30 Å². The fraction of sp³-hybridized carbons (Fsp3) is 0.231. The Bertz CT molecular complexity index is 610. The van der Waals surface area contributed by atoms with Gasteiger partial charge in [0, 0.05) is 18.0 Å². The van der Waals surface area contributed by atoms with Crippen molar-refractivity contribution in [1.82, 2.24) is 9.55 Å². The van der Waals surface area contributed by atoms with E-state index in [-0.39, 0.29) is 5.97 Å². The highest BCUT2D eigenvalue weighted by Crippen LogP contribution is 2.33. The zero-order valence-corrected chi connectivity index (χ0v) is 11.9. The maximum atomic E-state index is 11.6. The molecule has 6 heteroatoms. The second-order valence-electron chi connectivity index (χ2n) is 3.96. The number of rotatable bonds is 3. The molecule has 0 saturated carbocycles. The predicted molar refractivity (Wildman–Crippen MR) is 74.4 cm³/mol. The molecule has 2 rings (SSSR count). The summed E-state index contributed by atoms with van der Waals surface area (Å²) in [5.41, 5.74) is 0.676. The maximum absolute atomic E-state index is 11.6. The van der Waals surface area contributed by atoms with Gasteiger partial charge in [-0.1, -0.05) is 29.3 Å². The van der Waals surface area contributed by atoms with Gasteiger partial charge in [0.05, 0.1) is 17.2 Å². The molecule has 100 valence electrons. The highest BCUT2D eigenvalue weighted by molar-refractivity contribution is 6.43. The van der Waals surface area contributed by atoms with Crippen LogP contribution in [0.2, 0.25) is 10.0 Å². The Morgan fingerprint density at radius 3 is 2.84 bits per heavy atom. The van der Waals surface area contributed by atoms with E-state index in [1.807, 2.05) is 0 Å². The first-order chi connectivity index (χ1) is 9.06. The minimum absolute atomic E-state index is 0.350. The van der Waals surface area contributed by atoms with E-state index < -0.39 is 6.04 Å². The third-order valence-corrected chi connectivity index (χ3v) is 3.64. The molecule has 1 atom stereocenters. The summed E-state index contributed by atoms with van der Waals surface area (Å²) in [6.07, 6.45) is 3.31. The average Bonchev–Trinajstić information content (AvgIpc) is 2.89. The number of nitrogens with zero attached hydrogens (tertiary/aromatic N) is 2. The molecule has 0 radical (unpaired) electrons. The Hall–Kier alpha value is -1.52. The molecular weight excluding hydrogens is 287 g/mol. The van der Waals surface area contributed by atoms with Crippen LogP contribution in [-0.4, -0.2) is 22.6 Å². The zero-order valence-electron chi connectivity index (χ0n) is 10.4. The lowest BCUT2D eigenvalue weighted by Crippen LogP contribution is -2.18. The third kappa shape index (κ3) is 2.60. The molecule has 0 bridgehead atoms. The minimum atomic E-state index is -0.488. The van der Waals surface area contributed by atoms with Gasteiger partial charge in [-0.05, 0) is 19.1 Å². The summed E-state index contributed by atoms with van der Waals surface area (Å²) in [4.78, 5) is 15.9. The molecule has 0 aliphatic heterocycles. The van der Waals surface area contributed by atoms with Gasteiger partial charge in [-0.25, -0.2) is 9.78 Å². The lowest BCUT2D eigenvalue weighted by atomic mass is 10.2. The molecule has 19 heavy (non-hydrogen) atoms.